The molecule has 0 saturated carbocycles. The molecule has 1 fully saturated rings. The van der Waals surface area contributed by atoms with Gasteiger partial charge < -0.3 is 5.73 Å². The van der Waals surface area contributed by atoms with Crippen molar-refractivity contribution in [1.82, 2.24) is 4.31 Å². The summed E-state index contributed by atoms with van der Waals surface area (Å²) in [6.45, 7) is 4.99. The lowest BCUT2D eigenvalue weighted by Gasteiger charge is -2.36. The van der Waals surface area contributed by atoms with Gasteiger partial charge in [0.05, 0.1) is 10.6 Å². The minimum Gasteiger partial charge on any atom is -0.398 e. The fourth-order valence-electron chi connectivity index (χ4n) is 2.33. The number of nitrogen functional groups attached to an aromatic ring is 1. The molecule has 1 aromatic rings. The number of nitro groups is 1. The topological polar surface area (TPSA) is 107 Å². The highest BCUT2D eigenvalue weighted by atomic mass is 32.2. The van der Waals surface area contributed by atoms with Crippen LogP contribution in [-0.2, 0) is 10.0 Å². The number of nitro benzene ring substituents is 1. The normalized spacial score (nSPS) is 19.3. The number of nitrogens with two attached hydrogens (primary N) is 1. The summed E-state index contributed by atoms with van der Waals surface area (Å²) in [6, 6.07) is 3.50. The van der Waals surface area contributed by atoms with Crippen LogP contribution in [0.4, 0.5) is 11.4 Å². The van der Waals surface area contributed by atoms with E-state index < -0.39 is 14.9 Å². The Morgan fingerprint density at radius 3 is 2.38 bits per heavy atom. The van der Waals surface area contributed by atoms with Crippen LogP contribution < -0.4 is 5.73 Å². The van der Waals surface area contributed by atoms with Crippen molar-refractivity contribution in [1.29, 1.82) is 0 Å². The molecular weight excluding hydrogens is 294 g/mol. The molecule has 8 heteroatoms. The monoisotopic (exact) mass is 313 g/mol. The SMILES string of the molecule is CC1(C)CCN(S(=O)(=O)c2cc([N+](=O)[O-])ccc2N)CC1. The molecule has 1 aliphatic rings. The summed E-state index contributed by atoms with van der Waals surface area (Å²) in [5.41, 5.74) is 5.57. The zero-order chi connectivity index (χ0) is 15.8. The van der Waals surface area contributed by atoms with Gasteiger partial charge in [-0.15, -0.1) is 0 Å². The van der Waals surface area contributed by atoms with Crippen LogP contribution >= 0.6 is 0 Å². The summed E-state index contributed by atoms with van der Waals surface area (Å²) in [5.74, 6) is 0. The van der Waals surface area contributed by atoms with Gasteiger partial charge in [-0.3, -0.25) is 10.1 Å². The molecule has 0 unspecified atom stereocenters. The van der Waals surface area contributed by atoms with E-state index in [2.05, 4.69) is 13.8 Å². The van der Waals surface area contributed by atoms with E-state index in [9.17, 15) is 18.5 Å². The van der Waals surface area contributed by atoms with Crippen molar-refractivity contribution in [3.05, 3.63) is 28.3 Å². The molecule has 7 nitrogen and oxygen atoms in total. The number of sulfonamides is 1. The Bertz CT molecular complexity index is 660. The molecule has 1 aliphatic heterocycles. The number of piperidine rings is 1. The molecule has 0 bridgehead atoms. The molecule has 1 saturated heterocycles. The molecule has 21 heavy (non-hydrogen) atoms. The minimum absolute atomic E-state index is 0.0328. The molecule has 0 radical (unpaired) electrons. The highest BCUT2D eigenvalue weighted by molar-refractivity contribution is 7.89. The standard InChI is InChI=1S/C13H19N3O4S/c1-13(2)5-7-15(8-6-13)21(19,20)12-9-10(16(17)18)3-4-11(12)14/h3-4,9H,5-8,14H2,1-2H3. The van der Waals surface area contributed by atoms with E-state index in [1.54, 1.807) is 0 Å². The molecule has 0 aromatic heterocycles. The number of non-ortho nitro benzene ring substituents is 1. The number of rotatable bonds is 3. The lowest BCUT2D eigenvalue weighted by molar-refractivity contribution is -0.385. The second-order valence-electron chi connectivity index (χ2n) is 6.05. The van der Waals surface area contributed by atoms with Gasteiger partial charge >= 0.3 is 0 Å². The maximum atomic E-state index is 12.6. The van der Waals surface area contributed by atoms with Gasteiger partial charge in [-0.2, -0.15) is 4.31 Å². The fraction of sp³-hybridized carbons (Fsp3) is 0.538. The Morgan fingerprint density at radius 2 is 1.86 bits per heavy atom. The third-order valence-corrected chi connectivity index (χ3v) is 5.86. The van der Waals surface area contributed by atoms with Gasteiger partial charge in [-0.1, -0.05) is 13.8 Å². The van der Waals surface area contributed by atoms with E-state index in [-0.39, 0.29) is 21.7 Å². The molecule has 2 N–H and O–H groups in total. The van der Waals surface area contributed by atoms with Crippen molar-refractivity contribution in [2.45, 2.75) is 31.6 Å². The quantitative estimate of drug-likeness (QED) is 0.521. The third-order valence-electron chi connectivity index (χ3n) is 3.90. The van der Waals surface area contributed by atoms with Crippen LogP contribution in [0.3, 0.4) is 0 Å². The molecule has 1 aromatic carbocycles. The van der Waals surface area contributed by atoms with E-state index in [0.717, 1.165) is 18.9 Å². The zero-order valence-electron chi connectivity index (χ0n) is 12.1. The average molecular weight is 313 g/mol. The first-order chi connectivity index (χ1) is 9.63. The maximum Gasteiger partial charge on any atom is 0.270 e. The number of nitrogens with zero attached hydrogens (tertiary/aromatic N) is 2. The summed E-state index contributed by atoms with van der Waals surface area (Å²) in [5, 5.41) is 10.8. The second-order valence-corrected chi connectivity index (χ2v) is 7.95. The minimum atomic E-state index is -3.80. The van der Waals surface area contributed by atoms with E-state index in [1.165, 1.54) is 16.4 Å². The molecule has 0 aliphatic carbocycles. The van der Waals surface area contributed by atoms with Crippen LogP contribution in [0.5, 0.6) is 0 Å². The predicted octanol–water partition coefficient (Wildman–Crippen LogP) is 1.99. The first-order valence-electron chi connectivity index (χ1n) is 6.68. The Labute approximate surface area is 123 Å². The summed E-state index contributed by atoms with van der Waals surface area (Å²) in [6.07, 6.45) is 1.50. The number of benzene rings is 1. The van der Waals surface area contributed by atoms with Gasteiger partial charge in [0.15, 0.2) is 0 Å². The van der Waals surface area contributed by atoms with Crippen molar-refractivity contribution >= 4 is 21.4 Å². The second kappa shape index (κ2) is 5.27. The van der Waals surface area contributed by atoms with Gasteiger partial charge in [0.1, 0.15) is 4.90 Å². The van der Waals surface area contributed by atoms with Crippen LogP contribution in [0.15, 0.2) is 23.1 Å². The van der Waals surface area contributed by atoms with E-state index in [4.69, 9.17) is 5.73 Å². The molecular formula is C13H19N3O4S. The Balaban J connectivity index is 2.36. The van der Waals surface area contributed by atoms with Crippen LogP contribution in [0, 0.1) is 15.5 Å². The molecule has 0 atom stereocenters. The average Bonchev–Trinajstić information content (AvgIpc) is 2.38. The van der Waals surface area contributed by atoms with E-state index in [1.807, 2.05) is 0 Å². The molecule has 116 valence electrons. The highest BCUT2D eigenvalue weighted by Gasteiger charge is 2.34. The Hall–Kier alpha value is -1.67. The molecule has 1 heterocycles. The number of anilines is 1. The van der Waals surface area contributed by atoms with E-state index in [0.29, 0.717) is 13.1 Å². The summed E-state index contributed by atoms with van der Waals surface area (Å²) >= 11 is 0. The van der Waals surface area contributed by atoms with Crippen molar-refractivity contribution in [3.63, 3.8) is 0 Å². The molecule has 0 amide bonds. The summed E-state index contributed by atoms with van der Waals surface area (Å²) in [4.78, 5) is 10.00. The number of hydrogen-bond donors (Lipinski definition) is 1. The molecule has 0 spiro atoms. The lowest BCUT2D eigenvalue weighted by atomic mass is 9.83. The van der Waals surface area contributed by atoms with Crippen molar-refractivity contribution in [2.75, 3.05) is 18.8 Å². The Morgan fingerprint density at radius 1 is 1.29 bits per heavy atom. The van der Waals surface area contributed by atoms with Gasteiger partial charge in [0.2, 0.25) is 10.0 Å². The lowest BCUT2D eigenvalue weighted by Crippen LogP contribution is -2.41. The molecule has 2 rings (SSSR count). The van der Waals surface area contributed by atoms with Gasteiger partial charge in [0.25, 0.3) is 5.69 Å². The van der Waals surface area contributed by atoms with Crippen LogP contribution in [-0.4, -0.2) is 30.7 Å². The van der Waals surface area contributed by atoms with Crippen LogP contribution in [0.25, 0.3) is 0 Å². The zero-order valence-corrected chi connectivity index (χ0v) is 12.9. The Kier molecular flexibility index (Phi) is 3.94. The largest absolute Gasteiger partial charge is 0.398 e. The summed E-state index contributed by atoms with van der Waals surface area (Å²) in [7, 11) is -3.80. The van der Waals surface area contributed by atoms with Crippen molar-refractivity contribution in [3.8, 4) is 0 Å². The van der Waals surface area contributed by atoms with Crippen molar-refractivity contribution in [2.24, 2.45) is 5.41 Å². The van der Waals surface area contributed by atoms with Gasteiger partial charge in [-0.25, -0.2) is 8.42 Å². The van der Waals surface area contributed by atoms with Crippen LogP contribution in [0.1, 0.15) is 26.7 Å². The first kappa shape index (κ1) is 15.7. The highest BCUT2D eigenvalue weighted by Crippen LogP contribution is 2.34. The first-order valence-corrected chi connectivity index (χ1v) is 8.12. The van der Waals surface area contributed by atoms with E-state index >= 15 is 0 Å². The number of hydrogen-bond acceptors (Lipinski definition) is 5. The smallest absolute Gasteiger partial charge is 0.270 e. The van der Waals surface area contributed by atoms with Crippen molar-refractivity contribution < 1.29 is 13.3 Å². The third kappa shape index (κ3) is 3.16. The summed E-state index contributed by atoms with van der Waals surface area (Å²) < 4.78 is 26.6. The predicted molar refractivity (Wildman–Crippen MR) is 79.3 cm³/mol. The fourth-order valence-corrected chi connectivity index (χ4v) is 3.91. The van der Waals surface area contributed by atoms with Crippen LogP contribution in [0.2, 0.25) is 0 Å². The van der Waals surface area contributed by atoms with Gasteiger partial charge in [-0.05, 0) is 24.3 Å². The maximum absolute atomic E-state index is 12.6. The van der Waals surface area contributed by atoms with Gasteiger partial charge in [0, 0.05) is 25.2 Å².